The van der Waals surface area contributed by atoms with Crippen LogP contribution in [-0.4, -0.2) is 18.3 Å². The van der Waals surface area contributed by atoms with Crippen LogP contribution < -0.4 is 4.74 Å². The fourth-order valence-electron chi connectivity index (χ4n) is 0.647. The van der Waals surface area contributed by atoms with E-state index in [0.29, 0.717) is 10.8 Å². The first-order valence-electron chi connectivity index (χ1n) is 3.72. The van der Waals surface area contributed by atoms with Gasteiger partial charge in [-0.25, -0.2) is 0 Å². The van der Waals surface area contributed by atoms with Gasteiger partial charge in [-0.1, -0.05) is 21.9 Å². The van der Waals surface area contributed by atoms with E-state index in [-0.39, 0.29) is 21.5 Å². The second kappa shape index (κ2) is 5.75. The molecule has 0 spiro atoms. The number of halogens is 1. The molecule has 0 aliphatic heterocycles. The van der Waals surface area contributed by atoms with E-state index in [2.05, 4.69) is 0 Å². The van der Waals surface area contributed by atoms with Crippen molar-refractivity contribution in [3.8, 4) is 0 Å². The van der Waals surface area contributed by atoms with Crippen LogP contribution in [0.5, 0.6) is 0 Å². The van der Waals surface area contributed by atoms with Crippen LogP contribution in [0.1, 0.15) is 6.92 Å². The summed E-state index contributed by atoms with van der Waals surface area (Å²) in [5, 5.41) is 0.217. The Morgan fingerprint density at radius 3 is 2.79 bits per heavy atom. The van der Waals surface area contributed by atoms with E-state index in [1.807, 2.05) is 0 Å². The van der Waals surface area contributed by atoms with Crippen molar-refractivity contribution in [3.05, 3.63) is 14.6 Å². The minimum atomic E-state index is -0.292. The largest absolute Gasteiger partial charge is 0.465 e. The van der Waals surface area contributed by atoms with Crippen LogP contribution >= 0.6 is 44.0 Å². The van der Waals surface area contributed by atoms with Gasteiger partial charge in [-0.05, 0) is 17.3 Å². The summed E-state index contributed by atoms with van der Waals surface area (Å²) in [6.07, 6.45) is 0. The lowest BCUT2D eigenvalue weighted by atomic mass is 10.8. The molecule has 0 bridgehead atoms. The minimum absolute atomic E-state index is 0.150. The molecule has 0 fully saturated rings. The van der Waals surface area contributed by atoms with Crippen molar-refractivity contribution in [1.29, 1.82) is 0 Å². The zero-order valence-electron chi connectivity index (χ0n) is 7.24. The van der Waals surface area contributed by atoms with Gasteiger partial charge < -0.3 is 4.74 Å². The van der Waals surface area contributed by atoms with Crippen molar-refractivity contribution in [1.82, 2.24) is 0 Å². The van der Waals surface area contributed by atoms with Crippen LogP contribution in [0.4, 0.5) is 0 Å². The second-order valence-electron chi connectivity index (χ2n) is 2.15. The number of thioether (sulfide) groups is 1. The van der Waals surface area contributed by atoms with Crippen molar-refractivity contribution < 1.29 is 9.53 Å². The normalized spacial score (nSPS) is 10.1. The van der Waals surface area contributed by atoms with Gasteiger partial charge >= 0.3 is 5.97 Å². The van der Waals surface area contributed by atoms with Crippen LogP contribution in [0.3, 0.4) is 0 Å². The van der Waals surface area contributed by atoms with E-state index >= 15 is 0 Å². The Morgan fingerprint density at radius 2 is 2.29 bits per heavy atom. The summed E-state index contributed by atoms with van der Waals surface area (Å²) in [5.74, 6) is -0.0975. The molecule has 1 aromatic rings. The van der Waals surface area contributed by atoms with Gasteiger partial charge in [0.05, 0.1) is 16.6 Å². The average Bonchev–Trinajstić information content (AvgIpc) is 2.46. The van der Waals surface area contributed by atoms with Gasteiger partial charge in [0, 0.05) is 0 Å². The molecule has 0 aromatic carbocycles. The Balaban J connectivity index is 2.50. The van der Waals surface area contributed by atoms with Crippen LogP contribution in [0.15, 0.2) is 9.00 Å². The molecule has 14 heavy (non-hydrogen) atoms. The molecule has 1 heterocycles. The van der Waals surface area contributed by atoms with Gasteiger partial charge in [-0.2, -0.15) is 0 Å². The molecule has 0 aliphatic carbocycles. The zero-order chi connectivity index (χ0) is 10.6. The number of ether oxygens (including phenoxy) is 1. The maximum absolute atomic E-state index is 11.0. The number of carbonyl (C=O) groups excluding carboxylic acids is 1. The number of esters is 1. The topological polar surface area (TPSA) is 43.4 Å². The standard InChI is InChI=1S/C7H7ClO3S3/c1-2-11-4(9)3-12-7-5(8)6(10)13-14-7/h2-3H2,1H3. The van der Waals surface area contributed by atoms with E-state index in [4.69, 9.17) is 16.3 Å². The third-order valence-corrected chi connectivity index (χ3v) is 5.64. The van der Waals surface area contributed by atoms with E-state index in [1.54, 1.807) is 6.92 Å². The summed E-state index contributed by atoms with van der Waals surface area (Å²) in [5.41, 5.74) is 0. The molecular formula is C7H7ClO3S3. The third-order valence-electron chi connectivity index (χ3n) is 1.18. The molecule has 1 aromatic heterocycles. The molecule has 0 amide bonds. The number of hydrogen-bond acceptors (Lipinski definition) is 6. The molecule has 0 radical (unpaired) electrons. The molecule has 7 heteroatoms. The second-order valence-corrected chi connectivity index (χ2v) is 5.88. The lowest BCUT2D eigenvalue weighted by Crippen LogP contribution is -2.06. The fourth-order valence-corrected chi connectivity index (χ4v) is 4.55. The summed E-state index contributed by atoms with van der Waals surface area (Å²) in [4.78, 5) is 22.0. The van der Waals surface area contributed by atoms with Gasteiger partial charge in [0.25, 0.3) is 4.74 Å². The Hall–Kier alpha value is -0.0400. The Labute approximate surface area is 97.4 Å². The average molecular weight is 271 g/mol. The third kappa shape index (κ3) is 3.27. The Morgan fingerprint density at radius 1 is 1.57 bits per heavy atom. The summed E-state index contributed by atoms with van der Waals surface area (Å²) in [7, 11) is 2.37. The van der Waals surface area contributed by atoms with Crippen molar-refractivity contribution >= 4 is 50.0 Å². The van der Waals surface area contributed by atoms with Gasteiger partial charge in [-0.15, -0.1) is 11.8 Å². The van der Waals surface area contributed by atoms with E-state index in [1.165, 1.54) is 22.1 Å². The highest BCUT2D eigenvalue weighted by atomic mass is 35.5. The molecule has 0 aliphatic rings. The molecule has 0 unspecified atom stereocenters. The summed E-state index contributed by atoms with van der Waals surface area (Å²) in [6, 6.07) is 0. The van der Waals surface area contributed by atoms with Crippen LogP contribution in [0.2, 0.25) is 5.02 Å². The quantitative estimate of drug-likeness (QED) is 0.479. The summed E-state index contributed by atoms with van der Waals surface area (Å²) >= 11 is 6.94. The first kappa shape index (κ1) is 12.0. The molecule has 0 saturated heterocycles. The SMILES string of the molecule is CCOC(=O)CSc1ssc(=O)c1Cl. The van der Waals surface area contributed by atoms with Gasteiger partial charge in [0.1, 0.15) is 5.02 Å². The van der Waals surface area contributed by atoms with Crippen molar-refractivity contribution in [2.24, 2.45) is 0 Å². The van der Waals surface area contributed by atoms with E-state index < -0.39 is 0 Å². The maximum Gasteiger partial charge on any atom is 0.316 e. The van der Waals surface area contributed by atoms with Crippen molar-refractivity contribution in [2.45, 2.75) is 11.1 Å². The number of rotatable bonds is 4. The molecule has 0 N–H and O–H groups in total. The summed E-state index contributed by atoms with van der Waals surface area (Å²) in [6.45, 7) is 2.12. The Kier molecular flexibility index (Phi) is 4.94. The first-order chi connectivity index (χ1) is 6.65. The Bertz CT molecular complexity index is 371. The van der Waals surface area contributed by atoms with Crippen molar-refractivity contribution in [2.75, 3.05) is 12.4 Å². The van der Waals surface area contributed by atoms with Crippen molar-refractivity contribution in [3.63, 3.8) is 0 Å². The molecule has 0 saturated carbocycles. The first-order valence-corrected chi connectivity index (χ1v) is 7.23. The predicted molar refractivity (Wildman–Crippen MR) is 60.8 cm³/mol. The number of carbonyl (C=O) groups is 1. The van der Waals surface area contributed by atoms with Gasteiger partial charge in [-0.3, -0.25) is 9.59 Å². The van der Waals surface area contributed by atoms with Crippen LogP contribution in [0.25, 0.3) is 0 Å². The van der Waals surface area contributed by atoms with Crippen LogP contribution in [-0.2, 0) is 9.53 Å². The lowest BCUT2D eigenvalue weighted by Gasteiger charge is -1.99. The molecule has 1 rings (SSSR count). The number of hydrogen-bond donors (Lipinski definition) is 0. The highest BCUT2D eigenvalue weighted by molar-refractivity contribution is 8.03. The highest BCUT2D eigenvalue weighted by Gasteiger charge is 2.11. The zero-order valence-corrected chi connectivity index (χ0v) is 10.4. The predicted octanol–water partition coefficient (Wildman–Crippen LogP) is 2.48. The molecule has 0 atom stereocenters. The minimum Gasteiger partial charge on any atom is -0.465 e. The van der Waals surface area contributed by atoms with E-state index in [0.717, 1.165) is 10.3 Å². The van der Waals surface area contributed by atoms with Crippen LogP contribution in [0, 0.1) is 0 Å². The fraction of sp³-hybridized carbons (Fsp3) is 0.429. The summed E-state index contributed by atoms with van der Waals surface area (Å²) < 4.78 is 5.28. The lowest BCUT2D eigenvalue weighted by molar-refractivity contribution is -0.139. The molecule has 3 nitrogen and oxygen atoms in total. The monoisotopic (exact) mass is 270 g/mol. The molecule has 78 valence electrons. The highest BCUT2D eigenvalue weighted by Crippen LogP contribution is 2.31. The van der Waals surface area contributed by atoms with E-state index in [9.17, 15) is 9.59 Å². The van der Waals surface area contributed by atoms with Gasteiger partial charge in [0.15, 0.2) is 0 Å². The van der Waals surface area contributed by atoms with Gasteiger partial charge in [0.2, 0.25) is 0 Å². The molecular weight excluding hydrogens is 264 g/mol. The maximum atomic E-state index is 11.0. The smallest absolute Gasteiger partial charge is 0.316 e.